The van der Waals surface area contributed by atoms with Gasteiger partial charge in [-0.2, -0.15) is 0 Å². The van der Waals surface area contributed by atoms with Gasteiger partial charge in [-0.05, 0) is 99.6 Å². The number of hydrogen-bond donors (Lipinski definition) is 0. The zero-order valence-electron chi connectivity index (χ0n) is 29.7. The summed E-state index contributed by atoms with van der Waals surface area (Å²) in [5.74, 6) is 0.619. The van der Waals surface area contributed by atoms with Crippen molar-refractivity contribution in [2.24, 2.45) is 0 Å². The molecule has 0 amide bonds. The van der Waals surface area contributed by atoms with E-state index in [-0.39, 0.29) is 0 Å². The number of anilines is 3. The lowest BCUT2D eigenvalue weighted by Gasteiger charge is -2.29. The highest BCUT2D eigenvalue weighted by Gasteiger charge is 2.21. The Morgan fingerprint density at radius 1 is 0.400 bits per heavy atom. The molecule has 0 unspecified atom stereocenters. The molecule has 4 heteroatoms. The Morgan fingerprint density at radius 2 is 1.09 bits per heavy atom. The molecule has 0 saturated carbocycles. The Morgan fingerprint density at radius 3 is 1.93 bits per heavy atom. The maximum Gasteiger partial charge on any atom is 0.227 e. The molecular formula is C51H32N2O2. The van der Waals surface area contributed by atoms with Crippen molar-refractivity contribution in [3.8, 4) is 33.7 Å². The van der Waals surface area contributed by atoms with Crippen LogP contribution in [0.2, 0.25) is 0 Å². The van der Waals surface area contributed by atoms with E-state index in [0.717, 1.165) is 99.5 Å². The Kier molecular flexibility index (Phi) is 7.14. The molecule has 258 valence electrons. The lowest BCUT2D eigenvalue weighted by molar-refractivity contribution is 0.623. The number of rotatable bonds is 6. The third kappa shape index (κ3) is 5.19. The maximum absolute atomic E-state index is 6.60. The van der Waals surface area contributed by atoms with Crippen LogP contribution in [-0.4, -0.2) is 4.98 Å². The quantitative estimate of drug-likeness (QED) is 0.162. The zero-order chi connectivity index (χ0) is 36.3. The highest BCUT2D eigenvalue weighted by molar-refractivity contribution is 6.19. The second-order valence-corrected chi connectivity index (χ2v) is 13.9. The molecule has 0 radical (unpaired) electrons. The van der Waals surface area contributed by atoms with Crippen molar-refractivity contribution in [3.05, 3.63) is 194 Å². The van der Waals surface area contributed by atoms with Gasteiger partial charge in [-0.15, -0.1) is 0 Å². The summed E-state index contributed by atoms with van der Waals surface area (Å²) in [4.78, 5) is 7.29. The number of benzene rings is 9. The fourth-order valence-electron chi connectivity index (χ4n) is 8.12. The first-order valence-corrected chi connectivity index (χ1v) is 18.5. The van der Waals surface area contributed by atoms with Crippen molar-refractivity contribution >= 4 is 71.6 Å². The average molecular weight is 705 g/mol. The fraction of sp³-hybridized carbons (Fsp3) is 0. The van der Waals surface area contributed by atoms with Gasteiger partial charge in [-0.3, -0.25) is 0 Å². The molecule has 0 fully saturated rings. The van der Waals surface area contributed by atoms with E-state index in [4.69, 9.17) is 13.8 Å². The van der Waals surface area contributed by atoms with Gasteiger partial charge in [0.25, 0.3) is 0 Å². The Balaban J connectivity index is 1.15. The second kappa shape index (κ2) is 12.6. The Labute approximate surface area is 317 Å². The topological polar surface area (TPSA) is 42.4 Å². The summed E-state index contributed by atoms with van der Waals surface area (Å²) in [5.41, 5.74) is 12.1. The van der Waals surface area contributed by atoms with Crippen molar-refractivity contribution in [1.29, 1.82) is 0 Å². The number of fused-ring (bicyclic) bond motifs is 8. The van der Waals surface area contributed by atoms with Crippen LogP contribution < -0.4 is 4.90 Å². The van der Waals surface area contributed by atoms with Crippen molar-refractivity contribution in [2.75, 3.05) is 4.90 Å². The van der Waals surface area contributed by atoms with Crippen LogP contribution in [0.4, 0.5) is 17.1 Å². The number of hydrogen-bond acceptors (Lipinski definition) is 4. The highest BCUT2D eigenvalue weighted by Crippen LogP contribution is 2.46. The van der Waals surface area contributed by atoms with Gasteiger partial charge in [0.15, 0.2) is 5.58 Å². The molecule has 0 aliphatic carbocycles. The van der Waals surface area contributed by atoms with Gasteiger partial charge in [0.2, 0.25) is 5.89 Å². The van der Waals surface area contributed by atoms with E-state index >= 15 is 0 Å². The number of furan rings is 1. The molecule has 0 atom stereocenters. The van der Waals surface area contributed by atoms with Crippen LogP contribution in [0.15, 0.2) is 203 Å². The van der Waals surface area contributed by atoms with E-state index in [1.807, 2.05) is 42.5 Å². The average Bonchev–Trinajstić information content (AvgIpc) is 3.87. The largest absolute Gasteiger partial charge is 0.456 e. The van der Waals surface area contributed by atoms with Crippen molar-refractivity contribution in [1.82, 2.24) is 4.98 Å². The van der Waals surface area contributed by atoms with Gasteiger partial charge in [-0.1, -0.05) is 127 Å². The zero-order valence-corrected chi connectivity index (χ0v) is 29.7. The molecule has 4 nitrogen and oxygen atoms in total. The van der Waals surface area contributed by atoms with Crippen molar-refractivity contribution in [2.45, 2.75) is 0 Å². The van der Waals surface area contributed by atoms with Crippen LogP contribution in [0.5, 0.6) is 0 Å². The maximum atomic E-state index is 6.60. The van der Waals surface area contributed by atoms with Crippen molar-refractivity contribution < 1.29 is 8.83 Å². The second-order valence-electron chi connectivity index (χ2n) is 13.9. The van der Waals surface area contributed by atoms with Crippen LogP contribution in [0, 0.1) is 0 Å². The molecule has 11 aromatic rings. The van der Waals surface area contributed by atoms with Crippen LogP contribution in [0.3, 0.4) is 0 Å². The predicted molar refractivity (Wildman–Crippen MR) is 227 cm³/mol. The van der Waals surface area contributed by atoms with Gasteiger partial charge in [0, 0.05) is 38.7 Å². The molecule has 0 aliphatic rings. The van der Waals surface area contributed by atoms with E-state index in [1.54, 1.807) is 0 Å². The molecule has 2 aromatic heterocycles. The molecular weight excluding hydrogens is 673 g/mol. The molecule has 0 N–H and O–H groups in total. The SMILES string of the molecule is c1ccc(-c2nc3ccc4ccc5ccc(N(c6ccccc6)c6ccc(-c7cccc8oc9ccccc9c78)cc6-c6ccccc6)cc5c4c3o2)cc1. The molecule has 0 bridgehead atoms. The van der Waals surface area contributed by atoms with Gasteiger partial charge in [-0.25, -0.2) is 4.98 Å². The van der Waals surface area contributed by atoms with E-state index in [9.17, 15) is 0 Å². The number of nitrogens with zero attached hydrogens (tertiary/aromatic N) is 2. The summed E-state index contributed by atoms with van der Waals surface area (Å²) >= 11 is 0. The van der Waals surface area contributed by atoms with Gasteiger partial charge < -0.3 is 13.7 Å². The molecule has 2 heterocycles. The Bertz CT molecular complexity index is 3200. The number of para-hydroxylation sites is 2. The minimum absolute atomic E-state index is 0.619. The third-order valence-electron chi connectivity index (χ3n) is 10.7. The van der Waals surface area contributed by atoms with Crippen molar-refractivity contribution in [3.63, 3.8) is 0 Å². The first-order chi connectivity index (χ1) is 27.3. The third-order valence-corrected chi connectivity index (χ3v) is 10.7. The minimum atomic E-state index is 0.619. The predicted octanol–water partition coefficient (Wildman–Crippen LogP) is 14.5. The first kappa shape index (κ1) is 31.1. The summed E-state index contributed by atoms with van der Waals surface area (Å²) in [5, 5.41) is 6.64. The van der Waals surface area contributed by atoms with Crippen LogP contribution in [0.1, 0.15) is 0 Å². The van der Waals surface area contributed by atoms with Gasteiger partial charge >= 0.3 is 0 Å². The summed E-state index contributed by atoms with van der Waals surface area (Å²) in [6, 6.07) is 68.2. The standard InChI is InChI=1S/C51H32N2O2/c1-4-13-33(14-5-1)42-31-37(40-20-12-22-47-49(40)41-19-10-11-21-46(41)54-47)27-30-45(42)53(38-17-8-3-9-18-38)39-28-25-34-23-24-35-26-29-44-50(48(35)43(34)32-39)55-51(52-44)36-15-6-2-7-16-36/h1-32H. The minimum Gasteiger partial charge on any atom is -0.456 e. The molecule has 0 saturated heterocycles. The lowest BCUT2D eigenvalue weighted by atomic mass is 9.93. The molecule has 11 rings (SSSR count). The smallest absolute Gasteiger partial charge is 0.227 e. The van der Waals surface area contributed by atoms with Crippen LogP contribution in [0.25, 0.3) is 88.3 Å². The van der Waals surface area contributed by atoms with E-state index in [1.165, 1.54) is 0 Å². The van der Waals surface area contributed by atoms with Crippen LogP contribution in [-0.2, 0) is 0 Å². The van der Waals surface area contributed by atoms with E-state index in [2.05, 4.69) is 157 Å². The summed E-state index contributed by atoms with van der Waals surface area (Å²) in [7, 11) is 0. The number of oxazole rings is 1. The summed E-state index contributed by atoms with van der Waals surface area (Å²) in [6.45, 7) is 0. The molecule has 9 aromatic carbocycles. The lowest BCUT2D eigenvalue weighted by Crippen LogP contribution is -2.11. The molecule has 55 heavy (non-hydrogen) atoms. The van der Waals surface area contributed by atoms with Gasteiger partial charge in [0.1, 0.15) is 16.7 Å². The fourth-order valence-corrected chi connectivity index (χ4v) is 8.12. The first-order valence-electron chi connectivity index (χ1n) is 18.5. The van der Waals surface area contributed by atoms with Crippen LogP contribution >= 0.6 is 0 Å². The summed E-state index contributed by atoms with van der Waals surface area (Å²) in [6.07, 6.45) is 0. The van der Waals surface area contributed by atoms with E-state index in [0.29, 0.717) is 5.89 Å². The molecule has 0 aliphatic heterocycles. The number of aromatic nitrogens is 1. The highest BCUT2D eigenvalue weighted by atomic mass is 16.3. The van der Waals surface area contributed by atoms with E-state index < -0.39 is 0 Å². The van der Waals surface area contributed by atoms with Gasteiger partial charge in [0.05, 0.1) is 5.69 Å². The normalized spacial score (nSPS) is 11.6. The molecule has 0 spiro atoms. The monoisotopic (exact) mass is 704 g/mol. The summed E-state index contributed by atoms with van der Waals surface area (Å²) < 4.78 is 12.9. The Hall–Kier alpha value is -7.43.